The Kier molecular flexibility index (Phi) is 76.0. The second kappa shape index (κ2) is 79.2. The summed E-state index contributed by atoms with van der Waals surface area (Å²) in [6.07, 6.45) is 96.5. The first-order valence-corrected chi connectivity index (χ1v) is 44.5. The third kappa shape index (κ3) is 80.5. The molecular weight excluding hydrogens is 1360 g/mol. The molecule has 0 saturated carbocycles. The first-order chi connectivity index (χ1) is 51.2. The molecule has 0 aromatic carbocycles. The van der Waals surface area contributed by atoms with Crippen LogP contribution in [0.15, 0.2) is 134 Å². The van der Waals surface area contributed by atoms with Crippen LogP contribution in [0.4, 0.5) is 0 Å². The number of hydrogen-bond acceptors (Lipinski definition) is 14. The van der Waals surface area contributed by atoms with E-state index in [0.717, 1.165) is 161 Å². The smallest absolute Gasteiger partial charge is 0.463 e. The number of aliphatic hydroxyl groups is 2. The number of carbonyl (C=O) groups is 3. The molecule has 0 bridgehead atoms. The van der Waals surface area contributed by atoms with Crippen LogP contribution in [0.1, 0.15) is 342 Å². The van der Waals surface area contributed by atoms with E-state index < -0.39 is 91.5 Å². The van der Waals surface area contributed by atoms with Crippen molar-refractivity contribution >= 4 is 33.6 Å². The Morgan fingerprint density at radius 2 is 0.524 bits per heavy atom. The van der Waals surface area contributed by atoms with Crippen LogP contribution in [0.3, 0.4) is 0 Å². The molecule has 0 aromatic rings. The zero-order valence-electron chi connectivity index (χ0n) is 66.1. The normalized spacial score (nSPS) is 14.6. The van der Waals surface area contributed by atoms with E-state index in [2.05, 4.69) is 154 Å². The van der Waals surface area contributed by atoms with Gasteiger partial charge in [-0.25, -0.2) is 9.13 Å². The molecule has 105 heavy (non-hydrogen) atoms. The number of esters is 3. The number of phosphoric acid groups is 2. The first kappa shape index (κ1) is 101. The summed E-state index contributed by atoms with van der Waals surface area (Å²) in [6, 6.07) is 0. The third-order valence-electron chi connectivity index (χ3n) is 17.3. The van der Waals surface area contributed by atoms with Crippen LogP contribution in [0, 0.1) is 0 Å². The molecule has 604 valence electrons. The number of unbranched alkanes of at least 4 members (excludes halogenated alkanes) is 33. The fourth-order valence-corrected chi connectivity index (χ4v) is 12.6. The van der Waals surface area contributed by atoms with E-state index in [1.54, 1.807) is 0 Å². The highest BCUT2D eigenvalue weighted by Gasteiger charge is 2.29. The zero-order valence-corrected chi connectivity index (χ0v) is 67.9. The van der Waals surface area contributed by atoms with Gasteiger partial charge in [0.1, 0.15) is 25.4 Å². The minimum absolute atomic E-state index is 0.0862. The minimum Gasteiger partial charge on any atom is -0.463 e. The van der Waals surface area contributed by atoms with Gasteiger partial charge in [-0.2, -0.15) is 0 Å². The molecule has 0 aromatic heterocycles. The van der Waals surface area contributed by atoms with E-state index in [9.17, 15) is 43.5 Å². The number of rotatable bonds is 78. The van der Waals surface area contributed by atoms with Crippen molar-refractivity contribution in [3.8, 4) is 0 Å². The summed E-state index contributed by atoms with van der Waals surface area (Å²) >= 11 is 0. The Morgan fingerprint density at radius 3 is 0.838 bits per heavy atom. The van der Waals surface area contributed by atoms with Gasteiger partial charge in [-0.15, -0.1) is 0 Å². The predicted molar refractivity (Wildman–Crippen MR) is 436 cm³/mol. The molecule has 18 heteroatoms. The Morgan fingerprint density at radius 1 is 0.276 bits per heavy atom. The van der Waals surface area contributed by atoms with E-state index in [1.165, 1.54) is 122 Å². The highest BCUT2D eigenvalue weighted by molar-refractivity contribution is 7.47. The van der Waals surface area contributed by atoms with Crippen molar-refractivity contribution < 1.29 is 75.8 Å². The van der Waals surface area contributed by atoms with Crippen LogP contribution >= 0.6 is 15.6 Å². The molecule has 0 radical (unpaired) electrons. The summed E-state index contributed by atoms with van der Waals surface area (Å²) in [5.74, 6) is -1.59. The second-order valence-electron chi connectivity index (χ2n) is 27.5. The molecule has 0 fully saturated rings. The lowest BCUT2D eigenvalue weighted by Crippen LogP contribution is -2.30. The van der Waals surface area contributed by atoms with Crippen molar-refractivity contribution in [1.82, 2.24) is 0 Å². The van der Waals surface area contributed by atoms with E-state index in [1.807, 2.05) is 0 Å². The van der Waals surface area contributed by atoms with Gasteiger partial charge in [-0.1, -0.05) is 321 Å². The summed E-state index contributed by atoms with van der Waals surface area (Å²) < 4.78 is 61.2. The molecule has 0 heterocycles. The maximum absolute atomic E-state index is 13.0. The summed E-state index contributed by atoms with van der Waals surface area (Å²) in [4.78, 5) is 58.7. The highest BCUT2D eigenvalue weighted by atomic mass is 31.2. The molecule has 5 atom stereocenters. The SMILES string of the molecule is CC/C=C\C/C=C\C/C=C\C/C=C\C/C=C\CCCCCCCCCCCCCCCC(=O)OCC(O)COP(=O)(O)OCC(O)COP(=O)(O)OCC(COC(=O)CCCCCCCCCCCCC/C=C\C/C=C\C/C=C\C/C=C\CCCCC)OC(=O)CCCCCCC/C=C\C/C=C\CCC. The number of carbonyl (C=O) groups excluding carboxylic acids is 3. The third-order valence-corrected chi connectivity index (χ3v) is 19.2. The Labute approximate surface area is 639 Å². The number of phosphoric ester groups is 2. The number of allylic oxidation sites excluding steroid dienone is 22. The predicted octanol–water partition coefficient (Wildman–Crippen LogP) is 24.7. The Balaban J connectivity index is 4.48. The van der Waals surface area contributed by atoms with Crippen LogP contribution in [0.2, 0.25) is 0 Å². The zero-order chi connectivity index (χ0) is 76.6. The minimum atomic E-state index is -4.94. The Hall–Kier alpha value is -4.31. The van der Waals surface area contributed by atoms with E-state index in [4.69, 9.17) is 32.3 Å². The monoisotopic (exact) mass is 1510 g/mol. The molecule has 4 N–H and O–H groups in total. The fraction of sp³-hybridized carbons (Fsp3) is 0.713. The lowest BCUT2D eigenvalue weighted by Gasteiger charge is -2.21. The van der Waals surface area contributed by atoms with Gasteiger partial charge in [0, 0.05) is 19.3 Å². The van der Waals surface area contributed by atoms with Crippen LogP contribution in [-0.4, -0.2) is 95.9 Å². The van der Waals surface area contributed by atoms with Crippen LogP contribution in [0.5, 0.6) is 0 Å². The highest BCUT2D eigenvalue weighted by Crippen LogP contribution is 2.45. The standard InChI is InChI=1S/C87H150O16P2/c1-4-7-10-13-16-19-22-25-27-29-31-33-35-37-39-40-42-44-45-47-49-51-53-56-58-61-64-67-70-73-85(90)97-76-82(88)77-99-104(93,94)100-78-83(89)79-101-105(95,96)102-81-84(103-87(92)75-72-69-66-63-60-55-24-21-18-15-12-9-6-3)80-98-86(91)74-71-68-65-62-59-57-54-52-50-48-46-43-41-38-36-34-32-30-28-26-23-20-17-14-11-8-5-2/h7,10,12,15-17,19-21,24-28,31-34,37-39,41,82-84,88-89H,4-6,8-9,11,13-14,18,22-23,29-30,35-36,40,42-81H2,1-3H3,(H,93,94)(H,95,96)/b10-7-,15-12-,19-16-,20-17-,24-21-,27-25-,28-26-,33-31-,34-32-,39-37-,41-38-. The molecule has 0 rings (SSSR count). The molecule has 0 amide bonds. The summed E-state index contributed by atoms with van der Waals surface area (Å²) in [5.41, 5.74) is 0. The quantitative estimate of drug-likeness (QED) is 0.0146. The van der Waals surface area contributed by atoms with Crippen molar-refractivity contribution in [2.75, 3.05) is 39.6 Å². The van der Waals surface area contributed by atoms with Gasteiger partial charge in [0.2, 0.25) is 0 Å². The topological polar surface area (TPSA) is 231 Å². The average Bonchev–Trinajstić information content (AvgIpc) is 0.912. The molecule has 0 aliphatic carbocycles. The van der Waals surface area contributed by atoms with E-state index in [-0.39, 0.29) is 19.3 Å². The van der Waals surface area contributed by atoms with Crippen molar-refractivity contribution in [3.63, 3.8) is 0 Å². The van der Waals surface area contributed by atoms with Gasteiger partial charge in [-0.05, 0) is 135 Å². The molecule has 0 aliphatic heterocycles. The van der Waals surface area contributed by atoms with Gasteiger partial charge in [-0.3, -0.25) is 32.5 Å². The molecule has 5 unspecified atom stereocenters. The molecule has 0 saturated heterocycles. The van der Waals surface area contributed by atoms with Crippen molar-refractivity contribution in [2.24, 2.45) is 0 Å². The maximum Gasteiger partial charge on any atom is 0.472 e. The van der Waals surface area contributed by atoms with Crippen molar-refractivity contribution in [1.29, 1.82) is 0 Å². The van der Waals surface area contributed by atoms with Gasteiger partial charge in [0.05, 0.1) is 26.4 Å². The summed E-state index contributed by atoms with van der Waals surface area (Å²) in [5, 5.41) is 20.7. The first-order valence-electron chi connectivity index (χ1n) is 41.5. The summed E-state index contributed by atoms with van der Waals surface area (Å²) in [6.45, 7) is 2.48. The number of hydrogen-bond donors (Lipinski definition) is 4. The van der Waals surface area contributed by atoms with Gasteiger partial charge in [0.25, 0.3) is 0 Å². The molecule has 0 spiro atoms. The average molecular weight is 1510 g/mol. The summed E-state index contributed by atoms with van der Waals surface area (Å²) in [7, 11) is -9.80. The van der Waals surface area contributed by atoms with Gasteiger partial charge < -0.3 is 34.2 Å². The largest absolute Gasteiger partial charge is 0.472 e. The van der Waals surface area contributed by atoms with Crippen LogP contribution in [0.25, 0.3) is 0 Å². The lowest BCUT2D eigenvalue weighted by molar-refractivity contribution is -0.161. The maximum atomic E-state index is 13.0. The van der Waals surface area contributed by atoms with Gasteiger partial charge >= 0.3 is 33.6 Å². The second-order valence-corrected chi connectivity index (χ2v) is 30.4. The van der Waals surface area contributed by atoms with Crippen molar-refractivity contribution in [3.05, 3.63) is 134 Å². The van der Waals surface area contributed by atoms with Gasteiger partial charge in [0.15, 0.2) is 6.10 Å². The van der Waals surface area contributed by atoms with Crippen LogP contribution in [-0.2, 0) is 55.8 Å². The lowest BCUT2D eigenvalue weighted by atomic mass is 10.0. The van der Waals surface area contributed by atoms with E-state index in [0.29, 0.717) is 19.3 Å². The van der Waals surface area contributed by atoms with E-state index >= 15 is 0 Å². The number of aliphatic hydroxyl groups excluding tert-OH is 2. The fourth-order valence-electron chi connectivity index (χ4n) is 11.0. The van der Waals surface area contributed by atoms with Crippen molar-refractivity contribution in [2.45, 2.75) is 360 Å². The Bertz CT molecular complexity index is 2440. The number of ether oxygens (including phenoxy) is 3. The molecule has 16 nitrogen and oxygen atoms in total. The van der Waals surface area contributed by atoms with Crippen LogP contribution < -0.4 is 0 Å². The molecular formula is C87H150O16P2. The molecule has 0 aliphatic rings.